The lowest BCUT2D eigenvalue weighted by Gasteiger charge is -2.11. The van der Waals surface area contributed by atoms with Gasteiger partial charge in [0.15, 0.2) is 0 Å². The van der Waals surface area contributed by atoms with Gasteiger partial charge in [0.1, 0.15) is 0 Å². The molecule has 14 heavy (non-hydrogen) atoms. The van der Waals surface area contributed by atoms with Crippen LogP contribution in [0.15, 0.2) is 0 Å². The molecule has 0 spiro atoms. The molecule has 3 N–H and O–H groups in total. The normalized spacial score (nSPS) is 10.7. The summed E-state index contributed by atoms with van der Waals surface area (Å²) in [6.45, 7) is 4.65. The molecule has 0 aromatic carbocycles. The molecule has 0 heterocycles. The first-order valence-corrected chi connectivity index (χ1v) is 5.13. The van der Waals surface area contributed by atoms with Crippen LogP contribution >= 0.6 is 0 Å². The third-order valence-electron chi connectivity index (χ3n) is 1.92. The van der Waals surface area contributed by atoms with E-state index >= 15 is 0 Å². The molecule has 0 atom stereocenters. The van der Waals surface area contributed by atoms with Gasteiger partial charge in [0, 0.05) is 0 Å². The second-order valence-electron chi connectivity index (χ2n) is 4.06. The van der Waals surface area contributed by atoms with Crippen LogP contribution in [-0.4, -0.2) is 69.6 Å². The predicted molar refractivity (Wildman–Crippen MR) is 62.8 cm³/mol. The SMILES string of the molecule is CN(C)CCCNCCCN(C)C.O. The van der Waals surface area contributed by atoms with Crippen molar-refractivity contribution in [3.05, 3.63) is 0 Å². The standard InChI is InChI=1S/C10H25N3.H2O/c1-12(2)9-5-7-11-8-6-10-13(3)4;/h11H,5-10H2,1-4H3;1H2. The van der Waals surface area contributed by atoms with E-state index in [9.17, 15) is 0 Å². The molecule has 0 aliphatic rings. The van der Waals surface area contributed by atoms with E-state index < -0.39 is 0 Å². The highest BCUT2D eigenvalue weighted by molar-refractivity contribution is 4.52. The molecule has 0 aliphatic heterocycles. The van der Waals surface area contributed by atoms with Gasteiger partial charge < -0.3 is 20.6 Å². The number of hydrogen-bond acceptors (Lipinski definition) is 3. The number of nitrogens with zero attached hydrogens (tertiary/aromatic N) is 2. The molecule has 0 saturated carbocycles. The Bertz CT molecular complexity index is 95.5. The van der Waals surface area contributed by atoms with Crippen molar-refractivity contribution in [2.75, 3.05) is 54.4 Å². The Labute approximate surface area is 88.6 Å². The van der Waals surface area contributed by atoms with Gasteiger partial charge in [0.2, 0.25) is 0 Å². The first-order valence-electron chi connectivity index (χ1n) is 5.13. The summed E-state index contributed by atoms with van der Waals surface area (Å²) in [5.74, 6) is 0. The highest BCUT2D eigenvalue weighted by Gasteiger charge is 1.92. The van der Waals surface area contributed by atoms with Crippen molar-refractivity contribution in [2.45, 2.75) is 12.8 Å². The molecule has 0 aromatic heterocycles. The zero-order valence-corrected chi connectivity index (χ0v) is 10.1. The molecule has 0 radical (unpaired) electrons. The van der Waals surface area contributed by atoms with Gasteiger partial charge in [-0.25, -0.2) is 0 Å². The molecule has 0 saturated heterocycles. The van der Waals surface area contributed by atoms with Crippen LogP contribution in [0, 0.1) is 0 Å². The second kappa shape index (κ2) is 10.9. The summed E-state index contributed by atoms with van der Waals surface area (Å²) >= 11 is 0. The summed E-state index contributed by atoms with van der Waals surface area (Å²) in [5, 5.41) is 3.44. The Hall–Kier alpha value is -0.160. The van der Waals surface area contributed by atoms with Crippen LogP contribution in [0.1, 0.15) is 12.8 Å². The average Bonchev–Trinajstić information content (AvgIpc) is 2.01. The predicted octanol–water partition coefficient (Wildman–Crippen LogP) is -0.345. The third-order valence-corrected chi connectivity index (χ3v) is 1.92. The number of nitrogens with one attached hydrogen (secondary N) is 1. The Morgan fingerprint density at radius 1 is 0.786 bits per heavy atom. The highest BCUT2D eigenvalue weighted by atomic mass is 16.0. The molecule has 0 aromatic rings. The minimum atomic E-state index is 0. The van der Waals surface area contributed by atoms with Gasteiger partial charge in [-0.05, 0) is 67.2 Å². The monoisotopic (exact) mass is 205 g/mol. The van der Waals surface area contributed by atoms with Gasteiger partial charge in [-0.3, -0.25) is 0 Å². The van der Waals surface area contributed by atoms with Crippen LogP contribution < -0.4 is 5.32 Å². The topological polar surface area (TPSA) is 50.0 Å². The molecule has 0 fully saturated rings. The number of hydrogen-bond donors (Lipinski definition) is 1. The first kappa shape index (κ1) is 16.3. The lowest BCUT2D eigenvalue weighted by atomic mass is 10.3. The fraction of sp³-hybridized carbons (Fsp3) is 1.00. The molecule has 0 aliphatic carbocycles. The first-order chi connectivity index (χ1) is 6.13. The minimum absolute atomic E-state index is 0. The Kier molecular flexibility index (Phi) is 12.7. The molecule has 4 nitrogen and oxygen atoms in total. The van der Waals surface area contributed by atoms with E-state index in [1.807, 2.05) is 0 Å². The lowest BCUT2D eigenvalue weighted by molar-refractivity contribution is 0.380. The van der Waals surface area contributed by atoms with Gasteiger partial charge in [0.25, 0.3) is 0 Å². The van der Waals surface area contributed by atoms with Gasteiger partial charge in [0.05, 0.1) is 0 Å². The lowest BCUT2D eigenvalue weighted by Crippen LogP contribution is -2.24. The summed E-state index contributed by atoms with van der Waals surface area (Å²) in [4.78, 5) is 4.45. The van der Waals surface area contributed by atoms with Crippen LogP contribution in [0.4, 0.5) is 0 Å². The molecular weight excluding hydrogens is 178 g/mol. The quantitative estimate of drug-likeness (QED) is 0.551. The van der Waals surface area contributed by atoms with E-state index in [0.717, 1.165) is 13.1 Å². The van der Waals surface area contributed by atoms with Gasteiger partial charge in [-0.2, -0.15) is 0 Å². The van der Waals surface area contributed by atoms with Crippen LogP contribution in [-0.2, 0) is 0 Å². The van der Waals surface area contributed by atoms with E-state index in [-0.39, 0.29) is 5.48 Å². The second-order valence-corrected chi connectivity index (χ2v) is 4.06. The zero-order chi connectivity index (χ0) is 10.1. The van der Waals surface area contributed by atoms with Crippen molar-refractivity contribution in [3.63, 3.8) is 0 Å². The Morgan fingerprint density at radius 3 is 1.43 bits per heavy atom. The fourth-order valence-corrected chi connectivity index (χ4v) is 1.17. The zero-order valence-electron chi connectivity index (χ0n) is 10.1. The van der Waals surface area contributed by atoms with E-state index in [2.05, 4.69) is 43.3 Å². The van der Waals surface area contributed by atoms with E-state index in [4.69, 9.17) is 0 Å². The summed E-state index contributed by atoms with van der Waals surface area (Å²) in [7, 11) is 8.47. The maximum Gasteiger partial charge on any atom is -0.00127 e. The number of rotatable bonds is 8. The van der Waals surface area contributed by atoms with Crippen molar-refractivity contribution >= 4 is 0 Å². The molecule has 0 unspecified atom stereocenters. The minimum Gasteiger partial charge on any atom is -0.412 e. The largest absolute Gasteiger partial charge is 0.412 e. The Morgan fingerprint density at radius 2 is 1.14 bits per heavy atom. The summed E-state index contributed by atoms with van der Waals surface area (Å²) in [6, 6.07) is 0. The van der Waals surface area contributed by atoms with Crippen molar-refractivity contribution < 1.29 is 5.48 Å². The average molecular weight is 205 g/mol. The van der Waals surface area contributed by atoms with Crippen LogP contribution in [0.2, 0.25) is 0 Å². The van der Waals surface area contributed by atoms with Crippen LogP contribution in [0.25, 0.3) is 0 Å². The van der Waals surface area contributed by atoms with Crippen LogP contribution in [0.3, 0.4) is 0 Å². The smallest absolute Gasteiger partial charge is 0.00127 e. The van der Waals surface area contributed by atoms with Crippen LogP contribution in [0.5, 0.6) is 0 Å². The van der Waals surface area contributed by atoms with Crippen molar-refractivity contribution in [2.24, 2.45) is 0 Å². The molecule has 0 rings (SSSR count). The molecular formula is C10H27N3O. The van der Waals surface area contributed by atoms with Gasteiger partial charge >= 0.3 is 0 Å². The van der Waals surface area contributed by atoms with E-state index in [0.29, 0.717) is 0 Å². The van der Waals surface area contributed by atoms with Gasteiger partial charge in [-0.15, -0.1) is 0 Å². The highest BCUT2D eigenvalue weighted by Crippen LogP contribution is 1.83. The van der Waals surface area contributed by atoms with E-state index in [1.165, 1.54) is 25.9 Å². The summed E-state index contributed by atoms with van der Waals surface area (Å²) < 4.78 is 0. The van der Waals surface area contributed by atoms with Crippen molar-refractivity contribution in [3.8, 4) is 0 Å². The summed E-state index contributed by atoms with van der Waals surface area (Å²) in [6.07, 6.45) is 2.49. The molecule has 88 valence electrons. The third kappa shape index (κ3) is 14.4. The molecule has 0 bridgehead atoms. The van der Waals surface area contributed by atoms with Crippen molar-refractivity contribution in [1.82, 2.24) is 15.1 Å². The van der Waals surface area contributed by atoms with Crippen molar-refractivity contribution in [1.29, 1.82) is 0 Å². The summed E-state index contributed by atoms with van der Waals surface area (Å²) in [5.41, 5.74) is 0. The van der Waals surface area contributed by atoms with Gasteiger partial charge in [-0.1, -0.05) is 0 Å². The fourth-order valence-electron chi connectivity index (χ4n) is 1.17. The molecule has 0 amide bonds. The van der Waals surface area contributed by atoms with E-state index in [1.54, 1.807) is 0 Å². The Balaban J connectivity index is 0. The molecule has 4 heteroatoms. The maximum atomic E-state index is 3.44. The maximum absolute atomic E-state index is 3.44.